The van der Waals surface area contributed by atoms with E-state index in [2.05, 4.69) is 35.9 Å². The SMILES string of the molecule is CCOC(c1noc(-c2sc(CN)nc2C)n1)C(C)(C)C. The van der Waals surface area contributed by atoms with Gasteiger partial charge in [0.2, 0.25) is 5.82 Å². The van der Waals surface area contributed by atoms with Crippen molar-refractivity contribution in [2.75, 3.05) is 6.61 Å². The maximum absolute atomic E-state index is 5.78. The van der Waals surface area contributed by atoms with E-state index in [0.717, 1.165) is 15.6 Å². The van der Waals surface area contributed by atoms with Crippen LogP contribution in [0, 0.1) is 12.3 Å². The molecule has 0 aliphatic heterocycles. The number of nitrogens with two attached hydrogens (primary N) is 1. The lowest BCUT2D eigenvalue weighted by molar-refractivity contribution is -0.0203. The summed E-state index contributed by atoms with van der Waals surface area (Å²) >= 11 is 1.49. The summed E-state index contributed by atoms with van der Waals surface area (Å²) in [5, 5.41) is 4.95. The monoisotopic (exact) mass is 310 g/mol. The van der Waals surface area contributed by atoms with Crippen molar-refractivity contribution in [3.63, 3.8) is 0 Å². The van der Waals surface area contributed by atoms with Crippen molar-refractivity contribution < 1.29 is 9.26 Å². The van der Waals surface area contributed by atoms with Crippen LogP contribution in [0.2, 0.25) is 0 Å². The highest BCUT2D eigenvalue weighted by Crippen LogP contribution is 2.36. The van der Waals surface area contributed by atoms with Gasteiger partial charge in [0.15, 0.2) is 0 Å². The largest absolute Gasteiger partial charge is 0.370 e. The quantitative estimate of drug-likeness (QED) is 0.913. The number of hydrogen-bond acceptors (Lipinski definition) is 7. The third-order valence-corrected chi connectivity index (χ3v) is 4.17. The van der Waals surface area contributed by atoms with Crippen LogP contribution >= 0.6 is 11.3 Å². The molecule has 1 atom stereocenters. The summed E-state index contributed by atoms with van der Waals surface area (Å²) in [5.74, 6) is 1.05. The van der Waals surface area contributed by atoms with Crippen LogP contribution in [0.1, 0.15) is 50.3 Å². The summed E-state index contributed by atoms with van der Waals surface area (Å²) in [5.41, 5.74) is 6.37. The Bertz CT molecular complexity index is 600. The van der Waals surface area contributed by atoms with Crippen molar-refractivity contribution >= 4 is 11.3 Å². The first-order valence-corrected chi connectivity index (χ1v) is 7.80. The second-order valence-electron chi connectivity index (χ2n) is 5.89. The van der Waals surface area contributed by atoms with Gasteiger partial charge in [0.05, 0.1) is 5.69 Å². The van der Waals surface area contributed by atoms with E-state index < -0.39 is 0 Å². The number of aromatic nitrogens is 3. The van der Waals surface area contributed by atoms with Crippen LogP contribution in [-0.4, -0.2) is 21.7 Å². The average Bonchev–Trinajstić information content (AvgIpc) is 3.00. The summed E-state index contributed by atoms with van der Waals surface area (Å²) < 4.78 is 11.2. The zero-order valence-corrected chi connectivity index (χ0v) is 14.0. The Morgan fingerprint density at radius 3 is 2.57 bits per heavy atom. The summed E-state index contributed by atoms with van der Waals surface area (Å²) in [4.78, 5) is 9.75. The maximum atomic E-state index is 5.78. The second kappa shape index (κ2) is 6.21. The van der Waals surface area contributed by atoms with Crippen LogP contribution in [0.3, 0.4) is 0 Å². The van der Waals surface area contributed by atoms with E-state index in [1.165, 1.54) is 11.3 Å². The molecule has 0 saturated carbocycles. The Morgan fingerprint density at radius 1 is 1.33 bits per heavy atom. The zero-order valence-electron chi connectivity index (χ0n) is 13.1. The maximum Gasteiger partial charge on any atom is 0.270 e. The highest BCUT2D eigenvalue weighted by molar-refractivity contribution is 7.15. The molecule has 116 valence electrons. The van der Waals surface area contributed by atoms with Gasteiger partial charge in [-0.25, -0.2) is 4.98 Å². The van der Waals surface area contributed by atoms with Gasteiger partial charge in [-0.3, -0.25) is 0 Å². The molecule has 1 unspecified atom stereocenters. The van der Waals surface area contributed by atoms with Crippen LogP contribution in [0.5, 0.6) is 0 Å². The molecule has 0 bridgehead atoms. The number of rotatable bonds is 5. The van der Waals surface area contributed by atoms with Crippen molar-refractivity contribution in [2.24, 2.45) is 11.1 Å². The molecule has 7 heteroatoms. The molecular weight excluding hydrogens is 288 g/mol. The lowest BCUT2D eigenvalue weighted by Crippen LogP contribution is -2.22. The van der Waals surface area contributed by atoms with Gasteiger partial charge in [-0.15, -0.1) is 11.3 Å². The van der Waals surface area contributed by atoms with Crippen LogP contribution in [-0.2, 0) is 11.3 Å². The van der Waals surface area contributed by atoms with Gasteiger partial charge in [0, 0.05) is 13.2 Å². The van der Waals surface area contributed by atoms with E-state index in [0.29, 0.717) is 24.9 Å². The molecule has 2 N–H and O–H groups in total. The first kappa shape index (κ1) is 16.1. The minimum atomic E-state index is -0.206. The number of thiazole rings is 1. The number of nitrogens with zero attached hydrogens (tertiary/aromatic N) is 3. The first-order chi connectivity index (χ1) is 9.86. The van der Waals surface area contributed by atoms with Crippen molar-refractivity contribution in [1.29, 1.82) is 0 Å². The van der Waals surface area contributed by atoms with E-state index in [1.54, 1.807) is 0 Å². The third kappa shape index (κ3) is 3.48. The average molecular weight is 310 g/mol. The van der Waals surface area contributed by atoms with Crippen molar-refractivity contribution in [2.45, 2.75) is 47.3 Å². The van der Waals surface area contributed by atoms with Gasteiger partial charge in [0.25, 0.3) is 5.89 Å². The van der Waals surface area contributed by atoms with Gasteiger partial charge in [-0.2, -0.15) is 4.98 Å². The molecule has 0 spiro atoms. The van der Waals surface area contributed by atoms with Gasteiger partial charge < -0.3 is 15.0 Å². The molecule has 2 heterocycles. The Labute approximate surface area is 128 Å². The van der Waals surface area contributed by atoms with E-state index in [9.17, 15) is 0 Å². The number of aryl methyl sites for hydroxylation is 1. The Kier molecular flexibility index (Phi) is 4.75. The van der Waals surface area contributed by atoms with Crippen molar-refractivity contribution in [3.05, 3.63) is 16.5 Å². The standard InChI is InChI=1S/C14H22N4O2S/c1-6-19-11(14(3,4)5)12-17-13(20-18-12)10-8(2)16-9(7-15)21-10/h11H,6-7,15H2,1-5H3. The van der Waals surface area contributed by atoms with Crippen LogP contribution in [0.15, 0.2) is 4.52 Å². The van der Waals surface area contributed by atoms with E-state index in [4.69, 9.17) is 15.0 Å². The fraction of sp³-hybridized carbons (Fsp3) is 0.643. The molecule has 0 amide bonds. The first-order valence-electron chi connectivity index (χ1n) is 6.98. The fourth-order valence-corrected chi connectivity index (χ4v) is 2.92. The molecule has 2 rings (SSSR count). The van der Waals surface area contributed by atoms with Crippen LogP contribution in [0.4, 0.5) is 0 Å². The van der Waals surface area contributed by atoms with Gasteiger partial charge in [-0.1, -0.05) is 25.9 Å². The second-order valence-corrected chi connectivity index (χ2v) is 6.97. The molecule has 2 aromatic rings. The van der Waals surface area contributed by atoms with E-state index >= 15 is 0 Å². The van der Waals surface area contributed by atoms with Crippen LogP contribution in [0.25, 0.3) is 10.8 Å². The molecule has 21 heavy (non-hydrogen) atoms. The minimum absolute atomic E-state index is 0.109. The fourth-order valence-electron chi connectivity index (χ4n) is 2.05. The molecule has 0 saturated heterocycles. The Hall–Kier alpha value is -1.31. The zero-order chi connectivity index (χ0) is 15.6. The lowest BCUT2D eigenvalue weighted by Gasteiger charge is -2.27. The highest BCUT2D eigenvalue weighted by Gasteiger charge is 2.31. The summed E-state index contributed by atoms with van der Waals surface area (Å²) in [6.45, 7) is 11.2. The highest BCUT2D eigenvalue weighted by atomic mass is 32.1. The lowest BCUT2D eigenvalue weighted by atomic mass is 9.88. The van der Waals surface area contributed by atoms with Crippen molar-refractivity contribution in [3.8, 4) is 10.8 Å². The Balaban J connectivity index is 2.33. The topological polar surface area (TPSA) is 87.1 Å². The minimum Gasteiger partial charge on any atom is -0.370 e. The summed E-state index contributed by atoms with van der Waals surface area (Å²) in [6, 6.07) is 0. The molecular formula is C14H22N4O2S. The van der Waals surface area contributed by atoms with Gasteiger partial charge in [-0.05, 0) is 19.3 Å². The Morgan fingerprint density at radius 2 is 2.05 bits per heavy atom. The molecule has 0 radical (unpaired) electrons. The third-order valence-electron chi connectivity index (χ3n) is 3.01. The molecule has 0 aliphatic carbocycles. The van der Waals surface area contributed by atoms with E-state index in [1.807, 2.05) is 13.8 Å². The number of ether oxygens (including phenoxy) is 1. The predicted octanol–water partition coefficient (Wildman–Crippen LogP) is 3.08. The van der Waals surface area contributed by atoms with Gasteiger partial charge in [0.1, 0.15) is 16.0 Å². The van der Waals surface area contributed by atoms with Gasteiger partial charge >= 0.3 is 0 Å². The number of hydrogen-bond donors (Lipinski definition) is 1. The predicted molar refractivity (Wildman–Crippen MR) is 81.9 cm³/mol. The molecule has 0 aromatic carbocycles. The molecule has 2 aromatic heterocycles. The normalized spacial score (nSPS) is 13.6. The summed E-state index contributed by atoms with van der Waals surface area (Å²) in [7, 11) is 0. The molecule has 6 nitrogen and oxygen atoms in total. The van der Waals surface area contributed by atoms with Crippen molar-refractivity contribution in [1.82, 2.24) is 15.1 Å². The molecule has 0 aliphatic rings. The summed E-state index contributed by atoms with van der Waals surface area (Å²) in [6.07, 6.45) is -0.206. The smallest absolute Gasteiger partial charge is 0.270 e. The van der Waals surface area contributed by atoms with Crippen LogP contribution < -0.4 is 5.73 Å². The van der Waals surface area contributed by atoms with E-state index in [-0.39, 0.29) is 11.5 Å². The molecule has 0 fully saturated rings.